The van der Waals surface area contributed by atoms with Crippen molar-refractivity contribution in [3.05, 3.63) is 46.3 Å². The molecule has 1 heterocycles. The summed E-state index contributed by atoms with van der Waals surface area (Å²) in [5.74, 6) is -0.878. The zero-order valence-corrected chi connectivity index (χ0v) is 9.97. The standard InChI is InChI=1S/C13H12O2S/c1-8-5-12(16-7-8)11-4-3-10(13(14)15)6-9(11)2/h3-7H,1-2H3,(H,14,15). The van der Waals surface area contributed by atoms with Gasteiger partial charge in [-0.05, 0) is 54.1 Å². The van der Waals surface area contributed by atoms with E-state index in [4.69, 9.17) is 5.11 Å². The molecule has 0 saturated carbocycles. The minimum absolute atomic E-state index is 0.342. The summed E-state index contributed by atoms with van der Waals surface area (Å²) in [6.07, 6.45) is 0. The van der Waals surface area contributed by atoms with Crippen LogP contribution >= 0.6 is 11.3 Å². The molecule has 0 bridgehead atoms. The number of aryl methyl sites for hydroxylation is 2. The first-order chi connectivity index (χ1) is 7.58. The van der Waals surface area contributed by atoms with Gasteiger partial charge in [-0.15, -0.1) is 11.3 Å². The van der Waals surface area contributed by atoms with Crippen LogP contribution in [0.25, 0.3) is 10.4 Å². The van der Waals surface area contributed by atoms with E-state index >= 15 is 0 Å². The maximum atomic E-state index is 10.8. The number of carboxylic acid groups (broad SMARTS) is 1. The fourth-order valence-electron chi connectivity index (χ4n) is 1.65. The first kappa shape index (κ1) is 10.9. The summed E-state index contributed by atoms with van der Waals surface area (Å²) >= 11 is 1.68. The van der Waals surface area contributed by atoms with Crippen molar-refractivity contribution in [3.63, 3.8) is 0 Å². The number of rotatable bonds is 2. The van der Waals surface area contributed by atoms with Gasteiger partial charge in [-0.2, -0.15) is 0 Å². The number of aromatic carboxylic acids is 1. The highest BCUT2D eigenvalue weighted by Crippen LogP contribution is 2.30. The zero-order chi connectivity index (χ0) is 11.7. The Bertz CT molecular complexity index is 541. The molecular formula is C13H12O2S. The van der Waals surface area contributed by atoms with Gasteiger partial charge in [-0.1, -0.05) is 6.07 Å². The summed E-state index contributed by atoms with van der Waals surface area (Å²) in [6.45, 7) is 4.00. The Balaban J connectivity index is 2.47. The molecule has 16 heavy (non-hydrogen) atoms. The highest BCUT2D eigenvalue weighted by atomic mass is 32.1. The van der Waals surface area contributed by atoms with E-state index in [1.165, 1.54) is 10.4 Å². The van der Waals surface area contributed by atoms with Crippen molar-refractivity contribution in [1.82, 2.24) is 0 Å². The summed E-state index contributed by atoms with van der Waals surface area (Å²) < 4.78 is 0. The van der Waals surface area contributed by atoms with Crippen LogP contribution < -0.4 is 0 Å². The summed E-state index contributed by atoms with van der Waals surface area (Å²) in [5, 5.41) is 11.0. The Kier molecular flexibility index (Phi) is 2.79. The summed E-state index contributed by atoms with van der Waals surface area (Å²) in [7, 11) is 0. The predicted molar refractivity (Wildman–Crippen MR) is 66.2 cm³/mol. The van der Waals surface area contributed by atoms with Crippen LogP contribution in [0.2, 0.25) is 0 Å². The number of hydrogen-bond acceptors (Lipinski definition) is 2. The average Bonchev–Trinajstić information content (AvgIpc) is 2.64. The Morgan fingerprint density at radius 3 is 2.50 bits per heavy atom. The van der Waals surface area contributed by atoms with Crippen LogP contribution in [0.15, 0.2) is 29.6 Å². The molecule has 2 aromatic rings. The molecule has 2 rings (SSSR count). The van der Waals surface area contributed by atoms with Gasteiger partial charge in [0.15, 0.2) is 0 Å². The van der Waals surface area contributed by atoms with Gasteiger partial charge in [0, 0.05) is 4.88 Å². The van der Waals surface area contributed by atoms with Gasteiger partial charge >= 0.3 is 5.97 Å². The summed E-state index contributed by atoms with van der Waals surface area (Å²) in [5.41, 5.74) is 3.70. The molecule has 0 spiro atoms. The SMILES string of the molecule is Cc1csc(-c2ccc(C(=O)O)cc2C)c1. The lowest BCUT2D eigenvalue weighted by Crippen LogP contribution is -1.96. The lowest BCUT2D eigenvalue weighted by atomic mass is 10.0. The topological polar surface area (TPSA) is 37.3 Å². The summed E-state index contributed by atoms with van der Waals surface area (Å²) in [6, 6.07) is 7.37. The molecule has 2 nitrogen and oxygen atoms in total. The molecule has 0 aliphatic carbocycles. The van der Waals surface area contributed by atoms with Gasteiger partial charge in [0.25, 0.3) is 0 Å². The van der Waals surface area contributed by atoms with E-state index in [1.807, 2.05) is 13.0 Å². The minimum Gasteiger partial charge on any atom is -0.478 e. The number of thiophene rings is 1. The van der Waals surface area contributed by atoms with Crippen molar-refractivity contribution in [2.75, 3.05) is 0 Å². The van der Waals surface area contributed by atoms with Gasteiger partial charge in [0.2, 0.25) is 0 Å². The van der Waals surface area contributed by atoms with Crippen molar-refractivity contribution in [3.8, 4) is 10.4 Å². The maximum Gasteiger partial charge on any atom is 0.335 e. The predicted octanol–water partition coefficient (Wildman–Crippen LogP) is 3.73. The molecule has 82 valence electrons. The molecule has 0 unspecified atom stereocenters. The molecule has 1 aromatic carbocycles. The van der Waals surface area contributed by atoms with E-state index in [-0.39, 0.29) is 0 Å². The van der Waals surface area contributed by atoms with Gasteiger partial charge < -0.3 is 5.11 Å². The Morgan fingerprint density at radius 2 is 2.00 bits per heavy atom. The van der Waals surface area contributed by atoms with Gasteiger partial charge in [0.1, 0.15) is 0 Å². The second kappa shape index (κ2) is 4.10. The molecule has 0 fully saturated rings. The number of benzene rings is 1. The van der Waals surface area contributed by atoms with Gasteiger partial charge in [0.05, 0.1) is 5.56 Å². The largest absolute Gasteiger partial charge is 0.478 e. The van der Waals surface area contributed by atoms with Crippen LogP contribution in [0.3, 0.4) is 0 Å². The zero-order valence-electron chi connectivity index (χ0n) is 9.15. The monoisotopic (exact) mass is 232 g/mol. The lowest BCUT2D eigenvalue weighted by molar-refractivity contribution is 0.0697. The van der Waals surface area contributed by atoms with E-state index in [0.717, 1.165) is 11.1 Å². The molecule has 0 saturated heterocycles. The van der Waals surface area contributed by atoms with Crippen LogP contribution in [0.5, 0.6) is 0 Å². The number of carbonyl (C=O) groups is 1. The first-order valence-corrected chi connectivity index (χ1v) is 5.85. The van der Waals surface area contributed by atoms with Crippen LogP contribution in [-0.4, -0.2) is 11.1 Å². The summed E-state index contributed by atoms with van der Waals surface area (Å²) in [4.78, 5) is 12.0. The highest BCUT2D eigenvalue weighted by molar-refractivity contribution is 7.13. The Morgan fingerprint density at radius 1 is 1.25 bits per heavy atom. The van der Waals surface area contributed by atoms with E-state index in [9.17, 15) is 4.79 Å². The van der Waals surface area contributed by atoms with Crippen molar-refractivity contribution < 1.29 is 9.90 Å². The third kappa shape index (κ3) is 1.99. The van der Waals surface area contributed by atoms with Crippen LogP contribution in [0.1, 0.15) is 21.5 Å². The molecule has 1 aromatic heterocycles. The van der Waals surface area contributed by atoms with Crippen molar-refractivity contribution in [2.24, 2.45) is 0 Å². The first-order valence-electron chi connectivity index (χ1n) is 4.97. The van der Waals surface area contributed by atoms with Gasteiger partial charge in [-0.25, -0.2) is 4.79 Å². The highest BCUT2D eigenvalue weighted by Gasteiger charge is 2.08. The number of carboxylic acids is 1. The van der Waals surface area contributed by atoms with Gasteiger partial charge in [-0.3, -0.25) is 0 Å². The number of hydrogen-bond donors (Lipinski definition) is 1. The molecule has 0 radical (unpaired) electrons. The molecular weight excluding hydrogens is 220 g/mol. The molecule has 3 heteroatoms. The van der Waals surface area contributed by atoms with Crippen molar-refractivity contribution >= 4 is 17.3 Å². The second-order valence-electron chi connectivity index (χ2n) is 3.82. The van der Waals surface area contributed by atoms with Crippen LogP contribution in [0.4, 0.5) is 0 Å². The van der Waals surface area contributed by atoms with E-state index < -0.39 is 5.97 Å². The fraction of sp³-hybridized carbons (Fsp3) is 0.154. The molecule has 1 N–H and O–H groups in total. The quantitative estimate of drug-likeness (QED) is 0.856. The molecule has 0 amide bonds. The average molecular weight is 232 g/mol. The van der Waals surface area contributed by atoms with Crippen LogP contribution in [0, 0.1) is 13.8 Å². The molecule has 0 aliphatic rings. The van der Waals surface area contributed by atoms with Crippen molar-refractivity contribution in [1.29, 1.82) is 0 Å². The van der Waals surface area contributed by atoms with E-state index in [1.54, 1.807) is 23.5 Å². The third-order valence-corrected chi connectivity index (χ3v) is 3.55. The normalized spacial score (nSPS) is 10.4. The van der Waals surface area contributed by atoms with E-state index in [2.05, 4.69) is 18.4 Å². The third-order valence-electron chi connectivity index (χ3n) is 2.47. The van der Waals surface area contributed by atoms with E-state index in [0.29, 0.717) is 5.56 Å². The lowest BCUT2D eigenvalue weighted by Gasteiger charge is -2.04. The fourth-order valence-corrected chi connectivity index (χ4v) is 2.64. The van der Waals surface area contributed by atoms with Crippen LogP contribution in [-0.2, 0) is 0 Å². The smallest absolute Gasteiger partial charge is 0.335 e. The maximum absolute atomic E-state index is 10.8. The molecule has 0 atom stereocenters. The second-order valence-corrected chi connectivity index (χ2v) is 4.73. The Hall–Kier alpha value is -1.61. The molecule has 0 aliphatic heterocycles. The minimum atomic E-state index is -0.878. The Labute approximate surface area is 98.2 Å². The van der Waals surface area contributed by atoms with Crippen molar-refractivity contribution in [2.45, 2.75) is 13.8 Å².